The Kier molecular flexibility index (Phi) is 6.01. The van der Waals surface area contributed by atoms with E-state index in [1.165, 1.54) is 0 Å². The first-order chi connectivity index (χ1) is 14.6. The van der Waals surface area contributed by atoms with Crippen LogP contribution in [0, 0.1) is 6.92 Å². The van der Waals surface area contributed by atoms with Crippen molar-refractivity contribution in [3.63, 3.8) is 0 Å². The molecule has 0 bridgehead atoms. The Morgan fingerprint density at radius 1 is 1.10 bits per heavy atom. The molecule has 0 unspecified atom stereocenters. The minimum Gasteiger partial charge on any atom is -0.493 e. The van der Waals surface area contributed by atoms with Gasteiger partial charge >= 0.3 is 0 Å². The maximum absolute atomic E-state index is 12.6. The van der Waals surface area contributed by atoms with E-state index in [9.17, 15) is 4.79 Å². The summed E-state index contributed by atoms with van der Waals surface area (Å²) in [5, 5.41) is 4.10. The number of carbonyl (C=O) groups excluding carboxylic acids is 1. The molecule has 0 N–H and O–H groups in total. The molecule has 8 nitrogen and oxygen atoms in total. The molecule has 0 aliphatic carbocycles. The van der Waals surface area contributed by atoms with Crippen molar-refractivity contribution in [1.29, 1.82) is 0 Å². The number of aromatic nitrogens is 2. The lowest BCUT2D eigenvalue weighted by Gasteiger charge is -2.33. The Hall–Kier alpha value is -2.91. The predicted molar refractivity (Wildman–Crippen MR) is 113 cm³/mol. The van der Waals surface area contributed by atoms with E-state index in [1.807, 2.05) is 42.2 Å². The quantitative estimate of drug-likeness (QED) is 0.597. The van der Waals surface area contributed by atoms with Gasteiger partial charge in [0, 0.05) is 36.6 Å². The molecule has 2 aromatic heterocycles. The van der Waals surface area contributed by atoms with Crippen molar-refractivity contribution in [3.8, 4) is 22.9 Å². The first-order valence-electron chi connectivity index (χ1n) is 9.70. The van der Waals surface area contributed by atoms with Gasteiger partial charge in [-0.15, -0.1) is 11.3 Å². The van der Waals surface area contributed by atoms with Crippen LogP contribution >= 0.6 is 11.3 Å². The Balaban J connectivity index is 1.35. The lowest BCUT2D eigenvalue weighted by Crippen LogP contribution is -2.48. The number of hydrogen-bond acceptors (Lipinski definition) is 8. The van der Waals surface area contributed by atoms with Crippen LogP contribution in [-0.2, 0) is 6.54 Å². The summed E-state index contributed by atoms with van der Waals surface area (Å²) in [5.74, 6) is 2.43. The fourth-order valence-electron chi connectivity index (χ4n) is 3.42. The average Bonchev–Trinajstić information content (AvgIpc) is 3.42. The molecule has 1 saturated heterocycles. The minimum absolute atomic E-state index is 0.112. The maximum Gasteiger partial charge on any atom is 0.264 e. The molecule has 0 spiro atoms. The highest BCUT2D eigenvalue weighted by Crippen LogP contribution is 2.31. The monoisotopic (exact) mass is 428 g/mol. The Labute approximate surface area is 179 Å². The molecule has 1 aliphatic rings. The summed E-state index contributed by atoms with van der Waals surface area (Å²) in [6, 6.07) is 9.40. The fourth-order valence-corrected chi connectivity index (χ4v) is 4.25. The average molecular weight is 429 g/mol. The molecule has 1 aliphatic heterocycles. The molecular weight excluding hydrogens is 404 g/mol. The highest BCUT2D eigenvalue weighted by molar-refractivity contribution is 7.13. The summed E-state index contributed by atoms with van der Waals surface area (Å²) in [7, 11) is 3.19. The largest absolute Gasteiger partial charge is 0.493 e. The van der Waals surface area contributed by atoms with Gasteiger partial charge in [-0.05, 0) is 37.3 Å². The van der Waals surface area contributed by atoms with Gasteiger partial charge in [-0.25, -0.2) is 0 Å². The smallest absolute Gasteiger partial charge is 0.264 e. The van der Waals surface area contributed by atoms with Crippen molar-refractivity contribution >= 4 is 17.2 Å². The van der Waals surface area contributed by atoms with Crippen LogP contribution < -0.4 is 9.47 Å². The number of thiophene rings is 1. The minimum atomic E-state index is 0.112. The summed E-state index contributed by atoms with van der Waals surface area (Å²) in [6.45, 7) is 5.48. The van der Waals surface area contributed by atoms with E-state index in [2.05, 4.69) is 15.0 Å². The SMILES string of the molecule is COc1ccc(-c2noc(CN3CCN(C(=O)c4ccc(C)s4)CC3)n2)cc1OC. The fraction of sp³-hybridized carbons (Fsp3) is 0.381. The standard InChI is InChI=1S/C21H24N4O4S/c1-14-4-7-18(30-14)21(26)25-10-8-24(9-11-25)13-19-22-20(23-29-19)15-5-6-16(27-2)17(12-15)28-3/h4-7,12H,8-11,13H2,1-3H3. The Bertz CT molecular complexity index is 1020. The van der Waals surface area contributed by atoms with E-state index in [4.69, 9.17) is 14.0 Å². The molecule has 4 rings (SSSR count). The predicted octanol–water partition coefficient (Wildman–Crippen LogP) is 3.08. The van der Waals surface area contributed by atoms with Crippen molar-refractivity contribution in [2.24, 2.45) is 0 Å². The second-order valence-electron chi connectivity index (χ2n) is 7.06. The number of hydrogen-bond donors (Lipinski definition) is 0. The van der Waals surface area contributed by atoms with E-state index in [0.29, 0.717) is 42.8 Å². The molecule has 9 heteroatoms. The molecule has 1 fully saturated rings. The third kappa shape index (κ3) is 4.31. The lowest BCUT2D eigenvalue weighted by atomic mass is 10.2. The van der Waals surface area contributed by atoms with E-state index in [-0.39, 0.29) is 5.91 Å². The van der Waals surface area contributed by atoms with Crippen molar-refractivity contribution < 1.29 is 18.8 Å². The third-order valence-corrected chi connectivity index (χ3v) is 6.07. The van der Waals surface area contributed by atoms with E-state index in [1.54, 1.807) is 25.6 Å². The molecule has 158 valence electrons. The van der Waals surface area contributed by atoms with Crippen LogP contribution in [0.4, 0.5) is 0 Å². The number of amides is 1. The number of benzene rings is 1. The van der Waals surface area contributed by atoms with Crippen molar-refractivity contribution in [3.05, 3.63) is 46.0 Å². The Morgan fingerprint density at radius 3 is 2.53 bits per heavy atom. The molecule has 0 atom stereocenters. The second-order valence-corrected chi connectivity index (χ2v) is 8.35. The summed E-state index contributed by atoms with van der Waals surface area (Å²) in [5.41, 5.74) is 0.796. The highest BCUT2D eigenvalue weighted by atomic mass is 32.1. The third-order valence-electron chi connectivity index (χ3n) is 5.08. The number of methoxy groups -OCH3 is 2. The van der Waals surface area contributed by atoms with Gasteiger partial charge in [0.1, 0.15) is 0 Å². The maximum atomic E-state index is 12.6. The van der Waals surface area contributed by atoms with Crippen molar-refractivity contribution in [2.45, 2.75) is 13.5 Å². The van der Waals surface area contributed by atoms with E-state index in [0.717, 1.165) is 28.4 Å². The molecule has 1 amide bonds. The van der Waals surface area contributed by atoms with Crippen LogP contribution in [0.2, 0.25) is 0 Å². The van der Waals surface area contributed by atoms with Gasteiger partial charge in [0.25, 0.3) is 5.91 Å². The first-order valence-corrected chi connectivity index (χ1v) is 10.5. The van der Waals surface area contributed by atoms with Gasteiger partial charge in [-0.2, -0.15) is 4.98 Å². The summed E-state index contributed by atoms with van der Waals surface area (Å²) < 4.78 is 16.0. The van der Waals surface area contributed by atoms with Crippen LogP contribution in [0.15, 0.2) is 34.9 Å². The molecule has 0 saturated carbocycles. The number of rotatable bonds is 6. The molecule has 0 radical (unpaired) electrons. The summed E-state index contributed by atoms with van der Waals surface area (Å²) in [4.78, 5) is 23.2. The van der Waals surface area contributed by atoms with Gasteiger partial charge in [0.2, 0.25) is 11.7 Å². The van der Waals surface area contributed by atoms with E-state index < -0.39 is 0 Å². The number of piperazine rings is 1. The highest BCUT2D eigenvalue weighted by Gasteiger charge is 2.24. The van der Waals surface area contributed by atoms with Crippen LogP contribution in [-0.4, -0.2) is 66.2 Å². The van der Waals surface area contributed by atoms with Crippen LogP contribution in [0.5, 0.6) is 11.5 Å². The molecule has 1 aromatic carbocycles. The van der Waals surface area contributed by atoms with Gasteiger partial charge in [0.05, 0.1) is 25.6 Å². The summed E-state index contributed by atoms with van der Waals surface area (Å²) >= 11 is 1.54. The Morgan fingerprint density at radius 2 is 1.87 bits per heavy atom. The number of ether oxygens (including phenoxy) is 2. The molecule has 3 aromatic rings. The second kappa shape index (κ2) is 8.85. The molecule has 30 heavy (non-hydrogen) atoms. The topological polar surface area (TPSA) is 80.9 Å². The van der Waals surface area contributed by atoms with Crippen molar-refractivity contribution in [1.82, 2.24) is 19.9 Å². The summed E-state index contributed by atoms with van der Waals surface area (Å²) in [6.07, 6.45) is 0. The van der Waals surface area contributed by atoms with Crippen LogP contribution in [0.3, 0.4) is 0 Å². The number of carbonyl (C=O) groups is 1. The van der Waals surface area contributed by atoms with Gasteiger partial charge in [-0.1, -0.05) is 5.16 Å². The molecule has 3 heterocycles. The van der Waals surface area contributed by atoms with Crippen molar-refractivity contribution in [2.75, 3.05) is 40.4 Å². The number of aryl methyl sites for hydroxylation is 1. The normalized spacial score (nSPS) is 14.7. The zero-order chi connectivity index (χ0) is 21.1. The van der Waals surface area contributed by atoms with Gasteiger partial charge in [-0.3, -0.25) is 9.69 Å². The van der Waals surface area contributed by atoms with Crippen LogP contribution in [0.1, 0.15) is 20.4 Å². The first kappa shape index (κ1) is 20.4. The zero-order valence-electron chi connectivity index (χ0n) is 17.3. The van der Waals surface area contributed by atoms with Gasteiger partial charge < -0.3 is 18.9 Å². The van der Waals surface area contributed by atoms with Crippen LogP contribution in [0.25, 0.3) is 11.4 Å². The van der Waals surface area contributed by atoms with E-state index >= 15 is 0 Å². The molecular formula is C21H24N4O4S. The number of nitrogens with zero attached hydrogens (tertiary/aromatic N) is 4. The zero-order valence-corrected chi connectivity index (χ0v) is 18.1. The lowest BCUT2D eigenvalue weighted by molar-refractivity contribution is 0.0620. The van der Waals surface area contributed by atoms with Gasteiger partial charge in [0.15, 0.2) is 11.5 Å².